The number of aromatic nitrogens is 2. The standard InChI is InChI=1S/C11H13N5O2S/c1-8-4-6-13-7-9(8)16-19(17,18)10-3-2-5-14-11(10)15-12/h2-7,16H,12H2,1H3,(H,14,15). The fraction of sp³-hybridized carbons (Fsp3) is 0.0909. The van der Waals surface area contributed by atoms with E-state index in [1.54, 1.807) is 19.2 Å². The van der Waals surface area contributed by atoms with Gasteiger partial charge >= 0.3 is 0 Å². The smallest absolute Gasteiger partial charge is 0.265 e. The Bertz CT molecular complexity index is 687. The van der Waals surface area contributed by atoms with Crippen LogP contribution in [0.3, 0.4) is 0 Å². The molecular weight excluding hydrogens is 266 g/mol. The molecule has 0 unspecified atom stereocenters. The molecule has 19 heavy (non-hydrogen) atoms. The maximum atomic E-state index is 12.3. The summed E-state index contributed by atoms with van der Waals surface area (Å²) >= 11 is 0. The maximum absolute atomic E-state index is 12.3. The van der Waals surface area contributed by atoms with Gasteiger partial charge in [0.25, 0.3) is 10.0 Å². The number of nitrogens with zero attached hydrogens (tertiary/aromatic N) is 2. The molecule has 0 saturated heterocycles. The molecule has 0 spiro atoms. The molecule has 0 radical (unpaired) electrons. The first-order chi connectivity index (χ1) is 9.04. The Morgan fingerprint density at radius 3 is 2.74 bits per heavy atom. The number of hydrogen-bond donors (Lipinski definition) is 3. The lowest BCUT2D eigenvalue weighted by Crippen LogP contribution is -2.19. The molecule has 2 aromatic rings. The zero-order valence-electron chi connectivity index (χ0n) is 10.2. The SMILES string of the molecule is Cc1ccncc1NS(=O)(=O)c1cccnc1NN. The van der Waals surface area contributed by atoms with Crippen LogP contribution in [-0.4, -0.2) is 18.4 Å². The van der Waals surface area contributed by atoms with E-state index >= 15 is 0 Å². The van der Waals surface area contributed by atoms with Gasteiger partial charge in [0.1, 0.15) is 4.90 Å². The molecule has 0 aromatic carbocycles. The molecule has 100 valence electrons. The van der Waals surface area contributed by atoms with Crippen LogP contribution in [0.1, 0.15) is 5.56 Å². The monoisotopic (exact) mass is 279 g/mol. The van der Waals surface area contributed by atoms with Gasteiger partial charge in [-0.05, 0) is 30.7 Å². The fourth-order valence-corrected chi connectivity index (χ4v) is 2.72. The zero-order chi connectivity index (χ0) is 13.9. The summed E-state index contributed by atoms with van der Waals surface area (Å²) in [6.45, 7) is 1.78. The van der Waals surface area contributed by atoms with Crippen LogP contribution in [-0.2, 0) is 10.0 Å². The van der Waals surface area contributed by atoms with Crippen molar-refractivity contribution in [3.8, 4) is 0 Å². The van der Waals surface area contributed by atoms with Crippen LogP contribution in [0.2, 0.25) is 0 Å². The molecule has 2 aromatic heterocycles. The van der Waals surface area contributed by atoms with Crippen LogP contribution in [0.15, 0.2) is 41.7 Å². The van der Waals surface area contributed by atoms with Gasteiger partial charge in [0.05, 0.1) is 11.9 Å². The van der Waals surface area contributed by atoms with E-state index < -0.39 is 10.0 Å². The average molecular weight is 279 g/mol. The third kappa shape index (κ3) is 2.80. The quantitative estimate of drug-likeness (QED) is 0.566. The molecule has 0 amide bonds. The van der Waals surface area contributed by atoms with Crippen LogP contribution >= 0.6 is 0 Å². The molecule has 0 aliphatic heterocycles. The van der Waals surface area contributed by atoms with E-state index in [1.165, 1.54) is 24.5 Å². The summed E-state index contributed by atoms with van der Waals surface area (Å²) < 4.78 is 27.0. The lowest BCUT2D eigenvalue weighted by atomic mass is 10.3. The number of hydrogen-bond acceptors (Lipinski definition) is 6. The predicted molar refractivity (Wildman–Crippen MR) is 71.8 cm³/mol. The number of nitrogens with two attached hydrogens (primary N) is 1. The summed E-state index contributed by atoms with van der Waals surface area (Å²) in [4.78, 5) is 7.71. The maximum Gasteiger partial charge on any atom is 0.265 e. The summed E-state index contributed by atoms with van der Waals surface area (Å²) in [7, 11) is -3.77. The first-order valence-corrected chi connectivity index (χ1v) is 6.88. The molecular formula is C11H13N5O2S. The van der Waals surface area contributed by atoms with Crippen molar-refractivity contribution in [2.24, 2.45) is 5.84 Å². The first-order valence-electron chi connectivity index (χ1n) is 5.39. The first kappa shape index (κ1) is 13.2. The van der Waals surface area contributed by atoms with Gasteiger partial charge in [0.2, 0.25) is 0 Å². The Labute approximate surface area is 110 Å². The third-order valence-electron chi connectivity index (χ3n) is 2.48. The molecule has 0 aliphatic carbocycles. The number of nitrogens with one attached hydrogen (secondary N) is 2. The van der Waals surface area contributed by atoms with Gasteiger partial charge in [-0.1, -0.05) is 0 Å². The molecule has 7 nitrogen and oxygen atoms in total. The molecule has 0 aliphatic rings. The largest absolute Gasteiger partial charge is 0.307 e. The normalized spacial score (nSPS) is 11.1. The summed E-state index contributed by atoms with van der Waals surface area (Å²) in [6, 6.07) is 4.64. The fourth-order valence-electron chi connectivity index (χ4n) is 1.49. The zero-order valence-corrected chi connectivity index (χ0v) is 11.0. The summed E-state index contributed by atoms with van der Waals surface area (Å²) in [6.07, 6.45) is 4.48. The number of nitrogen functional groups attached to an aromatic ring is 1. The van der Waals surface area contributed by atoms with Gasteiger partial charge in [-0.3, -0.25) is 9.71 Å². The second-order valence-electron chi connectivity index (χ2n) is 3.79. The summed E-state index contributed by atoms with van der Waals surface area (Å²) in [5.74, 6) is 5.33. The summed E-state index contributed by atoms with van der Waals surface area (Å²) in [5, 5.41) is 0. The van der Waals surface area contributed by atoms with E-state index in [1.807, 2.05) is 0 Å². The number of aryl methyl sites for hydroxylation is 1. The van der Waals surface area contributed by atoms with E-state index in [9.17, 15) is 8.42 Å². The Kier molecular flexibility index (Phi) is 3.63. The Balaban J connectivity index is 2.41. The minimum Gasteiger partial charge on any atom is -0.307 e. The number of anilines is 2. The topological polar surface area (TPSA) is 110 Å². The molecule has 0 bridgehead atoms. The van der Waals surface area contributed by atoms with Crippen molar-refractivity contribution in [1.82, 2.24) is 9.97 Å². The molecule has 0 atom stereocenters. The highest BCUT2D eigenvalue weighted by molar-refractivity contribution is 7.92. The van der Waals surface area contributed by atoms with Crippen LogP contribution in [0, 0.1) is 6.92 Å². The van der Waals surface area contributed by atoms with Gasteiger partial charge in [-0.2, -0.15) is 0 Å². The minimum absolute atomic E-state index is 0.0271. The van der Waals surface area contributed by atoms with Crippen molar-refractivity contribution in [2.75, 3.05) is 10.1 Å². The van der Waals surface area contributed by atoms with Crippen molar-refractivity contribution in [3.05, 3.63) is 42.4 Å². The van der Waals surface area contributed by atoms with E-state index in [0.29, 0.717) is 5.69 Å². The Hall–Kier alpha value is -2.19. The molecule has 0 saturated carbocycles. The van der Waals surface area contributed by atoms with Crippen LogP contribution in [0.5, 0.6) is 0 Å². The molecule has 2 rings (SSSR count). The third-order valence-corrected chi connectivity index (χ3v) is 3.88. The minimum atomic E-state index is -3.77. The number of pyridine rings is 2. The molecule has 2 heterocycles. The Morgan fingerprint density at radius 2 is 2.05 bits per heavy atom. The van der Waals surface area contributed by atoms with Crippen LogP contribution in [0.25, 0.3) is 0 Å². The van der Waals surface area contributed by atoms with E-state index in [2.05, 4.69) is 20.1 Å². The van der Waals surface area contributed by atoms with Gasteiger partial charge in [0.15, 0.2) is 5.82 Å². The molecule has 4 N–H and O–H groups in total. The highest BCUT2D eigenvalue weighted by atomic mass is 32.2. The van der Waals surface area contributed by atoms with Crippen molar-refractivity contribution >= 4 is 21.5 Å². The van der Waals surface area contributed by atoms with Crippen LogP contribution < -0.4 is 16.0 Å². The van der Waals surface area contributed by atoms with Gasteiger partial charge < -0.3 is 5.43 Å². The average Bonchev–Trinajstić information content (AvgIpc) is 2.41. The summed E-state index contributed by atoms with van der Waals surface area (Å²) in [5.41, 5.74) is 3.44. The highest BCUT2D eigenvalue weighted by Crippen LogP contribution is 2.22. The molecule has 8 heteroatoms. The number of rotatable bonds is 4. The van der Waals surface area contributed by atoms with Crippen molar-refractivity contribution in [3.63, 3.8) is 0 Å². The lowest BCUT2D eigenvalue weighted by Gasteiger charge is -2.12. The number of sulfonamides is 1. The van der Waals surface area contributed by atoms with E-state index in [4.69, 9.17) is 5.84 Å². The number of hydrazine groups is 1. The van der Waals surface area contributed by atoms with Gasteiger partial charge in [0, 0.05) is 12.4 Å². The van der Waals surface area contributed by atoms with E-state index in [-0.39, 0.29) is 10.7 Å². The van der Waals surface area contributed by atoms with E-state index in [0.717, 1.165) is 5.56 Å². The van der Waals surface area contributed by atoms with Crippen molar-refractivity contribution < 1.29 is 8.42 Å². The predicted octanol–water partition coefficient (Wildman–Crippen LogP) is 0.871. The van der Waals surface area contributed by atoms with Crippen molar-refractivity contribution in [2.45, 2.75) is 11.8 Å². The lowest BCUT2D eigenvalue weighted by molar-refractivity contribution is 0.601. The van der Waals surface area contributed by atoms with Crippen molar-refractivity contribution in [1.29, 1.82) is 0 Å². The van der Waals surface area contributed by atoms with Crippen LogP contribution in [0.4, 0.5) is 11.5 Å². The molecule has 0 fully saturated rings. The highest BCUT2D eigenvalue weighted by Gasteiger charge is 2.19. The van der Waals surface area contributed by atoms with Gasteiger partial charge in [-0.25, -0.2) is 19.2 Å². The second-order valence-corrected chi connectivity index (χ2v) is 5.44. The second kappa shape index (κ2) is 5.21. The Morgan fingerprint density at radius 1 is 1.26 bits per heavy atom. The van der Waals surface area contributed by atoms with Gasteiger partial charge in [-0.15, -0.1) is 0 Å².